The lowest BCUT2D eigenvalue weighted by molar-refractivity contribution is -0.266. The van der Waals surface area contributed by atoms with Crippen LogP contribution in [0.2, 0.25) is 0 Å². The first-order chi connectivity index (χ1) is 16.4. The van der Waals surface area contributed by atoms with Crippen LogP contribution in [0.3, 0.4) is 0 Å². The van der Waals surface area contributed by atoms with Gasteiger partial charge in [-0.05, 0) is 72.0 Å². The summed E-state index contributed by atoms with van der Waals surface area (Å²) in [5, 5.41) is 26.8. The van der Waals surface area contributed by atoms with E-state index < -0.39 is 17.9 Å². The molecule has 182 valence electrons. The van der Waals surface area contributed by atoms with Crippen molar-refractivity contribution in [3.8, 4) is 16.9 Å². The summed E-state index contributed by atoms with van der Waals surface area (Å²) in [6, 6.07) is 15.7. The molecule has 1 unspecified atom stereocenters. The van der Waals surface area contributed by atoms with Crippen LogP contribution in [0.25, 0.3) is 11.1 Å². The first-order valence-corrected chi connectivity index (χ1v) is 13.0. The Hall–Kier alpha value is -2.67. The number of benzene rings is 2. The maximum atomic E-state index is 13.6. The predicted molar refractivity (Wildman–Crippen MR) is 138 cm³/mol. The van der Waals surface area contributed by atoms with Gasteiger partial charge in [-0.1, -0.05) is 57.4 Å². The molecule has 34 heavy (non-hydrogen) atoms. The van der Waals surface area contributed by atoms with Crippen LogP contribution in [-0.4, -0.2) is 33.7 Å². The van der Waals surface area contributed by atoms with Crippen LogP contribution in [0.4, 0.5) is 0 Å². The van der Waals surface area contributed by atoms with Crippen molar-refractivity contribution < 1.29 is 19.7 Å². The lowest BCUT2D eigenvalue weighted by Crippen LogP contribution is -2.53. The highest BCUT2D eigenvalue weighted by molar-refractivity contribution is 7.08. The molecule has 2 N–H and O–H groups in total. The molecule has 1 heterocycles. The van der Waals surface area contributed by atoms with Crippen molar-refractivity contribution in [1.82, 2.24) is 4.90 Å². The molecule has 0 bridgehead atoms. The fraction of sp³-hybridized carbons (Fsp3) is 0.393. The molecule has 3 aromatic rings. The summed E-state index contributed by atoms with van der Waals surface area (Å²) in [6.45, 7) is 6.36. The van der Waals surface area contributed by atoms with Gasteiger partial charge in [0.25, 0.3) is 11.8 Å². The van der Waals surface area contributed by atoms with Gasteiger partial charge in [0.05, 0.1) is 12.2 Å². The highest BCUT2D eigenvalue weighted by Gasteiger charge is 2.42. The third-order valence-electron chi connectivity index (χ3n) is 6.08. The molecule has 3 rings (SSSR count). The first kappa shape index (κ1) is 25.9. The van der Waals surface area contributed by atoms with Crippen LogP contribution in [-0.2, 0) is 5.91 Å². The number of hydrogen-bond donors (Lipinski definition) is 2. The van der Waals surface area contributed by atoms with Crippen molar-refractivity contribution in [1.29, 1.82) is 0 Å². The average Bonchev–Trinajstić information content (AvgIpc) is 3.39. The van der Waals surface area contributed by atoms with E-state index in [1.165, 1.54) is 0 Å². The molecule has 0 aliphatic heterocycles. The number of carbonyl (C=O) groups excluding carboxylic acids is 1. The zero-order valence-electron chi connectivity index (χ0n) is 20.2. The fourth-order valence-corrected chi connectivity index (χ4v) is 4.58. The maximum absolute atomic E-state index is 13.6. The number of hydrogen-bond acceptors (Lipinski definition) is 5. The molecular weight excluding hydrogens is 446 g/mol. The average molecular weight is 482 g/mol. The Morgan fingerprint density at radius 2 is 1.74 bits per heavy atom. The van der Waals surface area contributed by atoms with Gasteiger partial charge in [0.15, 0.2) is 0 Å². The Morgan fingerprint density at radius 1 is 1.00 bits per heavy atom. The second-order valence-corrected chi connectivity index (χ2v) is 9.34. The third-order valence-corrected chi connectivity index (χ3v) is 6.76. The van der Waals surface area contributed by atoms with Crippen LogP contribution in [0.1, 0.15) is 68.8 Å². The molecule has 0 saturated carbocycles. The summed E-state index contributed by atoms with van der Waals surface area (Å²) in [6.07, 6.45) is 4.77. The zero-order valence-corrected chi connectivity index (χ0v) is 21.1. The molecule has 6 heteroatoms. The second kappa shape index (κ2) is 12.2. The molecule has 0 saturated heterocycles. The molecule has 2 aromatic carbocycles. The van der Waals surface area contributed by atoms with Gasteiger partial charge in [-0.3, -0.25) is 9.69 Å². The van der Waals surface area contributed by atoms with Crippen molar-refractivity contribution in [2.45, 2.75) is 64.8 Å². The minimum Gasteiger partial charge on any atom is -0.493 e. The standard InChI is InChI=1S/C28H35NO4S/c1-4-6-7-10-18-33-26-12-9-8-11-25(26)28(31,32)29(21(3)5-2)27(30)23-15-13-22(14-16-23)24-17-19-34-20-24/h8-9,11-17,19-21,31-32H,4-7,10,18H2,1-3H3. The number of unbranched alkanes of at least 4 members (excludes halogenated alkanes) is 3. The van der Waals surface area contributed by atoms with E-state index >= 15 is 0 Å². The van der Waals surface area contributed by atoms with E-state index in [1.54, 1.807) is 47.7 Å². The Morgan fingerprint density at radius 3 is 2.38 bits per heavy atom. The Labute approximate surface area is 206 Å². The molecule has 0 fully saturated rings. The van der Waals surface area contributed by atoms with E-state index in [2.05, 4.69) is 6.92 Å². The van der Waals surface area contributed by atoms with Crippen LogP contribution in [0, 0.1) is 0 Å². The number of nitrogens with zero attached hydrogens (tertiary/aromatic N) is 1. The minimum atomic E-state index is -2.53. The molecule has 0 aliphatic carbocycles. The summed E-state index contributed by atoms with van der Waals surface area (Å²) >= 11 is 1.62. The monoisotopic (exact) mass is 481 g/mol. The number of amides is 1. The smallest absolute Gasteiger partial charge is 0.281 e. The van der Waals surface area contributed by atoms with E-state index in [0.717, 1.165) is 41.7 Å². The summed E-state index contributed by atoms with van der Waals surface area (Å²) < 4.78 is 5.92. The Balaban J connectivity index is 1.87. The van der Waals surface area contributed by atoms with Crippen molar-refractivity contribution >= 4 is 17.2 Å². The van der Waals surface area contributed by atoms with Crippen molar-refractivity contribution in [2.24, 2.45) is 0 Å². The Bertz CT molecular complexity index is 1030. The molecule has 0 radical (unpaired) electrons. The van der Waals surface area contributed by atoms with E-state index in [-0.39, 0.29) is 5.56 Å². The number of aliphatic hydroxyl groups is 2. The second-order valence-electron chi connectivity index (χ2n) is 8.56. The normalized spacial score (nSPS) is 12.4. The number of rotatable bonds is 12. The molecule has 1 amide bonds. The zero-order chi connectivity index (χ0) is 24.6. The SMILES string of the molecule is CCCCCCOc1ccccc1C(O)(O)N(C(=O)c1ccc(-c2ccsc2)cc1)C(C)CC. The molecule has 1 aromatic heterocycles. The summed E-state index contributed by atoms with van der Waals surface area (Å²) in [5.41, 5.74) is 2.65. The summed E-state index contributed by atoms with van der Waals surface area (Å²) in [5.74, 6) is -2.61. The highest BCUT2D eigenvalue weighted by Crippen LogP contribution is 2.34. The number of carbonyl (C=O) groups is 1. The van der Waals surface area contributed by atoms with Gasteiger partial charge in [0.2, 0.25) is 0 Å². The summed E-state index contributed by atoms with van der Waals surface area (Å²) in [4.78, 5) is 14.7. The number of para-hydroxylation sites is 1. The van der Waals surface area contributed by atoms with Gasteiger partial charge in [0.1, 0.15) is 5.75 Å². The molecule has 0 aliphatic rings. The third kappa shape index (κ3) is 6.06. The fourth-order valence-electron chi connectivity index (χ4n) is 3.92. The molecule has 0 spiro atoms. The van der Waals surface area contributed by atoms with Crippen LogP contribution in [0.5, 0.6) is 5.75 Å². The number of thiophene rings is 1. The largest absolute Gasteiger partial charge is 0.493 e. The predicted octanol–water partition coefficient (Wildman–Crippen LogP) is 6.41. The maximum Gasteiger partial charge on any atom is 0.281 e. The molecular formula is C28H35NO4S. The van der Waals surface area contributed by atoms with E-state index in [1.807, 2.05) is 42.8 Å². The van der Waals surface area contributed by atoms with E-state index in [0.29, 0.717) is 24.3 Å². The van der Waals surface area contributed by atoms with Crippen LogP contribution in [0.15, 0.2) is 65.4 Å². The van der Waals surface area contributed by atoms with Crippen molar-refractivity contribution in [3.63, 3.8) is 0 Å². The first-order valence-electron chi connectivity index (χ1n) is 12.0. The van der Waals surface area contributed by atoms with Gasteiger partial charge in [-0.2, -0.15) is 11.3 Å². The van der Waals surface area contributed by atoms with Gasteiger partial charge >= 0.3 is 0 Å². The number of ether oxygens (including phenoxy) is 1. The lowest BCUT2D eigenvalue weighted by atomic mass is 10.0. The van der Waals surface area contributed by atoms with Gasteiger partial charge in [-0.25, -0.2) is 0 Å². The van der Waals surface area contributed by atoms with Gasteiger partial charge in [0, 0.05) is 11.6 Å². The quantitative estimate of drug-likeness (QED) is 0.232. The molecule has 5 nitrogen and oxygen atoms in total. The lowest BCUT2D eigenvalue weighted by Gasteiger charge is -2.40. The van der Waals surface area contributed by atoms with E-state index in [9.17, 15) is 15.0 Å². The molecule has 1 atom stereocenters. The Kier molecular flexibility index (Phi) is 9.28. The highest BCUT2D eigenvalue weighted by atomic mass is 32.1. The topological polar surface area (TPSA) is 70.0 Å². The van der Waals surface area contributed by atoms with Crippen molar-refractivity contribution in [3.05, 3.63) is 76.5 Å². The van der Waals surface area contributed by atoms with Gasteiger partial charge < -0.3 is 14.9 Å². The minimum absolute atomic E-state index is 0.161. The summed E-state index contributed by atoms with van der Waals surface area (Å²) in [7, 11) is 0. The van der Waals surface area contributed by atoms with Crippen LogP contribution < -0.4 is 4.74 Å². The van der Waals surface area contributed by atoms with Crippen molar-refractivity contribution in [2.75, 3.05) is 6.61 Å². The van der Waals surface area contributed by atoms with E-state index in [4.69, 9.17) is 4.74 Å². The van der Waals surface area contributed by atoms with Gasteiger partial charge in [-0.15, -0.1) is 0 Å². The van der Waals surface area contributed by atoms with Crippen LogP contribution >= 0.6 is 11.3 Å².